The summed E-state index contributed by atoms with van der Waals surface area (Å²) < 4.78 is 4.62. The Labute approximate surface area is 156 Å². The van der Waals surface area contributed by atoms with E-state index in [0.29, 0.717) is 34.3 Å². The number of imidazole rings is 1. The maximum absolute atomic E-state index is 13.1. The van der Waals surface area contributed by atoms with Gasteiger partial charge in [0.15, 0.2) is 11.2 Å². The zero-order valence-corrected chi connectivity index (χ0v) is 16.2. The number of fused-ring (bicyclic) bond motifs is 1. The fraction of sp³-hybridized carbons (Fsp3) is 0.421. The van der Waals surface area contributed by atoms with Gasteiger partial charge in [-0.25, -0.2) is 14.3 Å². The largest absolute Gasteiger partial charge is 0.337 e. The molecule has 0 spiro atoms. The highest BCUT2D eigenvalue weighted by atomic mass is 35.5. The minimum absolute atomic E-state index is 0.0578. The Morgan fingerprint density at radius 1 is 1.08 bits per heavy atom. The summed E-state index contributed by atoms with van der Waals surface area (Å²) in [5.41, 5.74) is 0.786. The quantitative estimate of drug-likeness (QED) is 0.685. The normalized spacial score (nSPS) is 11.8. The summed E-state index contributed by atoms with van der Waals surface area (Å²) in [6, 6.07) is 7.02. The topological polar surface area (TPSA) is 61.8 Å². The van der Waals surface area contributed by atoms with Gasteiger partial charge >= 0.3 is 5.69 Å². The first-order chi connectivity index (χ1) is 12.3. The average Bonchev–Trinajstić information content (AvgIpc) is 3.01. The van der Waals surface area contributed by atoms with Crippen LogP contribution in [0.1, 0.15) is 40.2 Å². The molecular formula is C19H23ClN4O2. The van der Waals surface area contributed by atoms with E-state index in [4.69, 9.17) is 11.6 Å². The second-order valence-electron chi connectivity index (χ2n) is 7.15. The van der Waals surface area contributed by atoms with Gasteiger partial charge in [-0.05, 0) is 50.5 Å². The highest BCUT2D eigenvalue weighted by Gasteiger charge is 2.20. The van der Waals surface area contributed by atoms with Crippen LogP contribution in [0, 0.1) is 5.92 Å². The molecule has 0 amide bonds. The zero-order valence-electron chi connectivity index (χ0n) is 15.4. The van der Waals surface area contributed by atoms with E-state index in [1.807, 2.05) is 18.4 Å². The third kappa shape index (κ3) is 3.21. The predicted molar refractivity (Wildman–Crippen MR) is 104 cm³/mol. The van der Waals surface area contributed by atoms with E-state index in [0.717, 1.165) is 6.42 Å². The van der Waals surface area contributed by atoms with Gasteiger partial charge in [0.1, 0.15) is 0 Å². The molecule has 0 aliphatic heterocycles. The molecular weight excluding hydrogens is 352 g/mol. The minimum atomic E-state index is -0.375. The van der Waals surface area contributed by atoms with Gasteiger partial charge in [-0.3, -0.25) is 9.36 Å². The standard InChI is InChI=1S/C19H23ClN4O2/c1-12(2)9-10-22-18(25)16-17(21-11-23(16)13(3)4)24(19(22)26)15-7-5-14(20)6-8-15/h5-8,11-13H,9-10H2,1-4H3. The predicted octanol–water partition coefficient (Wildman–Crippen LogP) is 3.63. The van der Waals surface area contributed by atoms with E-state index < -0.39 is 0 Å². The first kappa shape index (κ1) is 18.5. The Bertz CT molecular complexity index is 1040. The number of benzene rings is 1. The number of nitrogens with zero attached hydrogens (tertiary/aromatic N) is 4. The molecule has 0 fully saturated rings. The molecule has 0 bridgehead atoms. The summed E-state index contributed by atoms with van der Waals surface area (Å²) >= 11 is 5.98. The molecule has 138 valence electrons. The van der Waals surface area contributed by atoms with Crippen LogP contribution in [0.3, 0.4) is 0 Å². The van der Waals surface area contributed by atoms with E-state index in [1.54, 1.807) is 30.6 Å². The van der Waals surface area contributed by atoms with E-state index in [1.165, 1.54) is 9.13 Å². The van der Waals surface area contributed by atoms with Crippen molar-refractivity contribution in [2.24, 2.45) is 5.92 Å². The summed E-state index contributed by atoms with van der Waals surface area (Å²) in [5, 5.41) is 0.582. The lowest BCUT2D eigenvalue weighted by Gasteiger charge is -2.14. The number of rotatable bonds is 5. The summed E-state index contributed by atoms with van der Waals surface area (Å²) in [6.45, 7) is 8.48. The van der Waals surface area contributed by atoms with Crippen LogP contribution in [0.2, 0.25) is 5.02 Å². The second kappa shape index (κ2) is 7.11. The van der Waals surface area contributed by atoms with E-state index >= 15 is 0 Å². The molecule has 0 radical (unpaired) electrons. The van der Waals surface area contributed by atoms with Crippen molar-refractivity contribution in [2.45, 2.75) is 46.7 Å². The van der Waals surface area contributed by atoms with Gasteiger partial charge in [-0.1, -0.05) is 25.4 Å². The van der Waals surface area contributed by atoms with Crippen LogP contribution in [0.4, 0.5) is 0 Å². The van der Waals surface area contributed by atoms with Crippen molar-refractivity contribution in [1.29, 1.82) is 0 Å². The highest BCUT2D eigenvalue weighted by molar-refractivity contribution is 6.30. The number of aromatic nitrogens is 4. The smallest absolute Gasteiger partial charge is 0.322 e. The first-order valence-corrected chi connectivity index (χ1v) is 9.17. The maximum Gasteiger partial charge on any atom is 0.337 e. The lowest BCUT2D eigenvalue weighted by Crippen LogP contribution is -2.40. The minimum Gasteiger partial charge on any atom is -0.322 e. The lowest BCUT2D eigenvalue weighted by atomic mass is 10.1. The van der Waals surface area contributed by atoms with Gasteiger partial charge in [-0.2, -0.15) is 0 Å². The van der Waals surface area contributed by atoms with Gasteiger partial charge in [0, 0.05) is 17.6 Å². The van der Waals surface area contributed by atoms with Crippen molar-refractivity contribution >= 4 is 22.8 Å². The van der Waals surface area contributed by atoms with Crippen LogP contribution in [0.15, 0.2) is 40.2 Å². The van der Waals surface area contributed by atoms with Crippen LogP contribution in [-0.4, -0.2) is 18.7 Å². The molecule has 0 saturated carbocycles. The molecule has 0 aliphatic rings. The zero-order chi connectivity index (χ0) is 19.0. The van der Waals surface area contributed by atoms with E-state index in [2.05, 4.69) is 18.8 Å². The summed E-state index contributed by atoms with van der Waals surface area (Å²) in [5.74, 6) is 0.385. The van der Waals surface area contributed by atoms with E-state index in [-0.39, 0.29) is 17.3 Å². The maximum atomic E-state index is 13.1. The van der Waals surface area contributed by atoms with Gasteiger partial charge in [0.05, 0.1) is 12.0 Å². The van der Waals surface area contributed by atoms with Gasteiger partial charge in [0.25, 0.3) is 5.56 Å². The molecule has 7 heteroatoms. The Kier molecular flexibility index (Phi) is 5.05. The molecule has 2 heterocycles. The molecule has 0 aliphatic carbocycles. The first-order valence-electron chi connectivity index (χ1n) is 8.79. The molecule has 0 unspecified atom stereocenters. The van der Waals surface area contributed by atoms with Crippen LogP contribution < -0.4 is 11.2 Å². The molecule has 0 atom stereocenters. The number of halogens is 1. The number of hydrogen-bond acceptors (Lipinski definition) is 3. The third-order valence-corrected chi connectivity index (χ3v) is 4.68. The second-order valence-corrected chi connectivity index (χ2v) is 7.59. The molecule has 3 aromatic rings. The molecule has 6 nitrogen and oxygen atoms in total. The van der Waals surface area contributed by atoms with Crippen molar-refractivity contribution in [3.63, 3.8) is 0 Å². The Morgan fingerprint density at radius 2 is 1.73 bits per heavy atom. The highest BCUT2D eigenvalue weighted by Crippen LogP contribution is 2.18. The molecule has 0 N–H and O–H groups in total. The molecule has 1 aromatic carbocycles. The van der Waals surface area contributed by atoms with Crippen molar-refractivity contribution in [1.82, 2.24) is 18.7 Å². The third-order valence-electron chi connectivity index (χ3n) is 4.43. The van der Waals surface area contributed by atoms with Crippen LogP contribution >= 0.6 is 11.6 Å². The van der Waals surface area contributed by atoms with Gasteiger partial charge in [0.2, 0.25) is 0 Å². The molecule has 0 saturated heterocycles. The monoisotopic (exact) mass is 374 g/mol. The lowest BCUT2D eigenvalue weighted by molar-refractivity contribution is 0.490. The van der Waals surface area contributed by atoms with Gasteiger partial charge < -0.3 is 4.57 Å². The SMILES string of the molecule is CC(C)CCn1c(=O)c2c(ncn2C(C)C)n(-c2ccc(Cl)cc2)c1=O. The van der Waals surface area contributed by atoms with Crippen molar-refractivity contribution in [3.8, 4) is 5.69 Å². The molecule has 2 aromatic heterocycles. The Morgan fingerprint density at radius 3 is 2.31 bits per heavy atom. The summed E-state index contributed by atoms with van der Waals surface area (Å²) in [4.78, 5) is 30.6. The van der Waals surface area contributed by atoms with E-state index in [9.17, 15) is 9.59 Å². The number of hydrogen-bond donors (Lipinski definition) is 0. The molecule has 26 heavy (non-hydrogen) atoms. The average molecular weight is 375 g/mol. The van der Waals surface area contributed by atoms with Crippen molar-refractivity contribution < 1.29 is 0 Å². The van der Waals surface area contributed by atoms with Crippen LogP contribution in [0.25, 0.3) is 16.9 Å². The van der Waals surface area contributed by atoms with Crippen molar-refractivity contribution in [3.05, 3.63) is 56.5 Å². The van der Waals surface area contributed by atoms with Crippen LogP contribution in [-0.2, 0) is 6.54 Å². The Hall–Kier alpha value is -2.34. The van der Waals surface area contributed by atoms with Crippen LogP contribution in [0.5, 0.6) is 0 Å². The van der Waals surface area contributed by atoms with Gasteiger partial charge in [-0.15, -0.1) is 0 Å². The fourth-order valence-corrected chi connectivity index (χ4v) is 3.07. The molecule has 3 rings (SSSR count). The fourth-order valence-electron chi connectivity index (χ4n) is 2.95. The summed E-state index contributed by atoms with van der Waals surface area (Å²) in [6.07, 6.45) is 2.37. The summed E-state index contributed by atoms with van der Waals surface area (Å²) in [7, 11) is 0. The Balaban J connectivity index is 2.37. The van der Waals surface area contributed by atoms with Crippen molar-refractivity contribution in [2.75, 3.05) is 0 Å².